The second-order valence-corrected chi connectivity index (χ2v) is 6.62. The molecule has 1 unspecified atom stereocenters. The molecule has 3 heteroatoms. The highest BCUT2D eigenvalue weighted by Gasteiger charge is 2.25. The lowest BCUT2D eigenvalue weighted by atomic mass is 10.1. The molecule has 2 N–H and O–H groups in total. The van der Waals surface area contributed by atoms with Crippen LogP contribution in [0.1, 0.15) is 25.8 Å². The minimum absolute atomic E-state index is 0.836. The highest BCUT2D eigenvalue weighted by atomic mass is 32.2. The standard InChI is InChI=1S/C16H26N2S/c1-4-14(2)18-11-9-17(10-12-18)13-15-5-7-16(19-3)8-6-15/h5-8,14H,4,9-13H2,1-3H3/p+2. The van der Waals surface area contributed by atoms with Crippen LogP contribution in [0.25, 0.3) is 0 Å². The first-order valence-corrected chi connectivity index (χ1v) is 8.76. The number of hydrogen-bond acceptors (Lipinski definition) is 1. The second kappa shape index (κ2) is 7.32. The molecule has 106 valence electrons. The van der Waals surface area contributed by atoms with Crippen LogP contribution < -0.4 is 9.80 Å². The van der Waals surface area contributed by atoms with E-state index in [1.165, 1.54) is 49.6 Å². The Labute approximate surface area is 122 Å². The second-order valence-electron chi connectivity index (χ2n) is 5.74. The molecule has 0 bridgehead atoms. The van der Waals surface area contributed by atoms with Crippen molar-refractivity contribution in [1.29, 1.82) is 0 Å². The summed E-state index contributed by atoms with van der Waals surface area (Å²) in [6.07, 6.45) is 3.44. The number of piperazine rings is 1. The van der Waals surface area contributed by atoms with Crippen molar-refractivity contribution in [3.8, 4) is 0 Å². The Hall–Kier alpha value is -0.510. The number of nitrogens with one attached hydrogen (secondary N) is 2. The maximum Gasteiger partial charge on any atom is 0.127 e. The molecule has 19 heavy (non-hydrogen) atoms. The van der Waals surface area contributed by atoms with Crippen LogP contribution in [0.5, 0.6) is 0 Å². The summed E-state index contributed by atoms with van der Waals surface area (Å²) in [5.74, 6) is 0. The molecular weight excluding hydrogens is 252 g/mol. The van der Waals surface area contributed by atoms with Gasteiger partial charge in [0.25, 0.3) is 0 Å². The van der Waals surface area contributed by atoms with Crippen molar-refractivity contribution in [3.63, 3.8) is 0 Å². The Bertz CT molecular complexity index is 369. The predicted octanol–water partition coefficient (Wildman–Crippen LogP) is 0.490. The molecule has 1 atom stereocenters. The molecule has 0 spiro atoms. The first-order chi connectivity index (χ1) is 9.22. The molecule has 2 nitrogen and oxygen atoms in total. The van der Waals surface area contributed by atoms with Gasteiger partial charge in [0.2, 0.25) is 0 Å². The highest BCUT2D eigenvalue weighted by molar-refractivity contribution is 7.98. The summed E-state index contributed by atoms with van der Waals surface area (Å²) in [5, 5.41) is 0. The Morgan fingerprint density at radius 2 is 1.74 bits per heavy atom. The summed E-state index contributed by atoms with van der Waals surface area (Å²) in [7, 11) is 0. The van der Waals surface area contributed by atoms with Gasteiger partial charge in [-0.15, -0.1) is 11.8 Å². The van der Waals surface area contributed by atoms with Gasteiger partial charge in [0.05, 0.1) is 6.04 Å². The largest absolute Gasteiger partial charge is 0.323 e. The maximum atomic E-state index is 2.39. The van der Waals surface area contributed by atoms with E-state index in [2.05, 4.69) is 44.4 Å². The van der Waals surface area contributed by atoms with Crippen LogP contribution in [-0.2, 0) is 6.54 Å². The molecule has 0 aromatic heterocycles. The van der Waals surface area contributed by atoms with Crippen molar-refractivity contribution in [3.05, 3.63) is 29.8 Å². The quantitative estimate of drug-likeness (QED) is 0.746. The van der Waals surface area contributed by atoms with Gasteiger partial charge in [0.15, 0.2) is 0 Å². The molecule has 2 rings (SSSR count). The van der Waals surface area contributed by atoms with Crippen molar-refractivity contribution < 1.29 is 9.80 Å². The van der Waals surface area contributed by atoms with Crippen LogP contribution in [-0.4, -0.2) is 38.5 Å². The fraction of sp³-hybridized carbons (Fsp3) is 0.625. The Balaban J connectivity index is 1.81. The molecule has 1 aromatic rings. The van der Waals surface area contributed by atoms with Crippen molar-refractivity contribution in [2.75, 3.05) is 32.4 Å². The third kappa shape index (κ3) is 4.23. The van der Waals surface area contributed by atoms with Crippen molar-refractivity contribution in [1.82, 2.24) is 0 Å². The molecule has 1 aliphatic heterocycles. The molecule has 0 aliphatic carbocycles. The summed E-state index contributed by atoms with van der Waals surface area (Å²) in [6.45, 7) is 11.2. The topological polar surface area (TPSA) is 8.88 Å². The molecule has 1 aromatic carbocycles. The molecule has 0 radical (unpaired) electrons. The first-order valence-electron chi connectivity index (χ1n) is 7.54. The molecule has 1 heterocycles. The third-order valence-corrected chi connectivity index (χ3v) is 5.27. The van der Waals surface area contributed by atoms with Crippen LogP contribution in [0.15, 0.2) is 29.2 Å². The molecule has 1 saturated heterocycles. The fourth-order valence-corrected chi connectivity index (χ4v) is 3.32. The van der Waals surface area contributed by atoms with E-state index < -0.39 is 0 Å². The van der Waals surface area contributed by atoms with E-state index in [1.807, 2.05) is 16.7 Å². The lowest BCUT2D eigenvalue weighted by molar-refractivity contribution is -1.03. The minimum atomic E-state index is 0.836. The number of rotatable bonds is 5. The summed E-state index contributed by atoms with van der Waals surface area (Å²) in [4.78, 5) is 4.93. The monoisotopic (exact) mass is 280 g/mol. The van der Waals surface area contributed by atoms with E-state index >= 15 is 0 Å². The zero-order valence-corrected chi connectivity index (χ0v) is 13.4. The number of benzene rings is 1. The average Bonchev–Trinajstić information content (AvgIpc) is 2.48. The maximum absolute atomic E-state index is 2.39. The Morgan fingerprint density at radius 3 is 2.26 bits per heavy atom. The summed E-state index contributed by atoms with van der Waals surface area (Å²) < 4.78 is 0. The fourth-order valence-electron chi connectivity index (χ4n) is 2.91. The van der Waals surface area contributed by atoms with Crippen molar-refractivity contribution >= 4 is 11.8 Å². The number of thioether (sulfide) groups is 1. The van der Waals surface area contributed by atoms with Gasteiger partial charge in [-0.3, -0.25) is 0 Å². The van der Waals surface area contributed by atoms with E-state index in [0.29, 0.717) is 0 Å². The Kier molecular flexibility index (Phi) is 5.74. The van der Waals surface area contributed by atoms with Crippen LogP contribution in [0.3, 0.4) is 0 Å². The molecular formula is C16H28N2S+2. The predicted molar refractivity (Wildman–Crippen MR) is 83.1 cm³/mol. The van der Waals surface area contributed by atoms with Gasteiger partial charge in [-0.2, -0.15) is 0 Å². The van der Waals surface area contributed by atoms with E-state index in [9.17, 15) is 0 Å². The summed E-state index contributed by atoms with van der Waals surface area (Å²) >= 11 is 1.82. The lowest BCUT2D eigenvalue weighted by Gasteiger charge is -2.33. The van der Waals surface area contributed by atoms with Crippen LogP contribution in [0.2, 0.25) is 0 Å². The molecule has 0 saturated carbocycles. The van der Waals surface area contributed by atoms with Gasteiger partial charge in [-0.05, 0) is 31.7 Å². The highest BCUT2D eigenvalue weighted by Crippen LogP contribution is 2.14. The van der Waals surface area contributed by atoms with Gasteiger partial charge >= 0.3 is 0 Å². The van der Waals surface area contributed by atoms with Crippen LogP contribution in [0.4, 0.5) is 0 Å². The van der Waals surface area contributed by atoms with Crippen LogP contribution in [0, 0.1) is 0 Å². The normalized spacial score (nSPS) is 25.2. The van der Waals surface area contributed by atoms with Gasteiger partial charge < -0.3 is 9.80 Å². The van der Waals surface area contributed by atoms with Gasteiger partial charge in [0.1, 0.15) is 32.7 Å². The van der Waals surface area contributed by atoms with E-state index in [-0.39, 0.29) is 0 Å². The lowest BCUT2D eigenvalue weighted by Crippen LogP contribution is -3.29. The molecule has 0 amide bonds. The third-order valence-electron chi connectivity index (χ3n) is 4.52. The van der Waals surface area contributed by atoms with E-state index in [0.717, 1.165) is 6.04 Å². The number of hydrogen-bond donors (Lipinski definition) is 2. The zero-order chi connectivity index (χ0) is 13.7. The van der Waals surface area contributed by atoms with E-state index in [1.54, 1.807) is 4.90 Å². The summed E-state index contributed by atoms with van der Waals surface area (Å²) in [5.41, 5.74) is 1.49. The SMILES string of the molecule is CCC(C)[NH+]1CC[NH+](Cc2ccc(SC)cc2)CC1. The van der Waals surface area contributed by atoms with Gasteiger partial charge in [0, 0.05) is 10.5 Å². The van der Waals surface area contributed by atoms with Crippen LogP contribution >= 0.6 is 11.8 Å². The van der Waals surface area contributed by atoms with Crippen molar-refractivity contribution in [2.24, 2.45) is 0 Å². The minimum Gasteiger partial charge on any atom is -0.323 e. The molecule has 1 aliphatic rings. The van der Waals surface area contributed by atoms with Crippen molar-refractivity contribution in [2.45, 2.75) is 37.8 Å². The van der Waals surface area contributed by atoms with E-state index in [4.69, 9.17) is 0 Å². The van der Waals surface area contributed by atoms with Gasteiger partial charge in [-0.1, -0.05) is 19.1 Å². The van der Waals surface area contributed by atoms with Gasteiger partial charge in [-0.25, -0.2) is 0 Å². The number of quaternary nitrogens is 2. The average molecular weight is 280 g/mol. The summed E-state index contributed by atoms with van der Waals surface area (Å²) in [6, 6.07) is 9.93. The Morgan fingerprint density at radius 1 is 1.11 bits per heavy atom. The molecule has 1 fully saturated rings. The smallest absolute Gasteiger partial charge is 0.127 e. The first kappa shape index (κ1) is 14.9. The zero-order valence-electron chi connectivity index (χ0n) is 12.5.